The lowest BCUT2D eigenvalue weighted by molar-refractivity contribution is 0.0937. The Hall–Kier alpha value is -2.70. The first-order valence-corrected chi connectivity index (χ1v) is 6.20. The molecule has 7 heteroatoms. The molecule has 0 bridgehead atoms. The number of pyridine rings is 2. The maximum atomic E-state index is 13.1. The van der Waals surface area contributed by atoms with E-state index in [-0.39, 0.29) is 5.56 Å². The first kappa shape index (κ1) is 14.7. The van der Waals surface area contributed by atoms with E-state index in [1.54, 1.807) is 25.3 Å². The van der Waals surface area contributed by atoms with Crippen LogP contribution in [0.15, 0.2) is 35.4 Å². The maximum absolute atomic E-state index is 13.1. The number of amides is 1. The van der Waals surface area contributed by atoms with E-state index in [1.807, 2.05) is 0 Å². The van der Waals surface area contributed by atoms with E-state index >= 15 is 0 Å². The van der Waals surface area contributed by atoms with Gasteiger partial charge in [0.15, 0.2) is 0 Å². The summed E-state index contributed by atoms with van der Waals surface area (Å²) >= 11 is 0. The molecule has 0 fully saturated rings. The van der Waals surface area contributed by atoms with Gasteiger partial charge in [0.2, 0.25) is 5.88 Å². The highest BCUT2D eigenvalue weighted by Crippen LogP contribution is 2.14. The normalized spacial score (nSPS) is 11.8. The number of ether oxygens (including phenoxy) is 1. The minimum Gasteiger partial charge on any atom is -0.481 e. The fourth-order valence-electron chi connectivity index (χ4n) is 1.75. The van der Waals surface area contributed by atoms with Crippen molar-refractivity contribution >= 4 is 5.91 Å². The molecule has 0 spiro atoms. The number of aromatic amines is 1. The van der Waals surface area contributed by atoms with Crippen LogP contribution in [0.1, 0.15) is 28.9 Å². The third kappa shape index (κ3) is 3.44. The lowest BCUT2D eigenvalue weighted by Crippen LogP contribution is -2.31. The molecule has 0 aliphatic rings. The zero-order chi connectivity index (χ0) is 15.4. The second-order valence-corrected chi connectivity index (χ2v) is 4.39. The number of nitrogens with zero attached hydrogens (tertiary/aromatic N) is 1. The summed E-state index contributed by atoms with van der Waals surface area (Å²) in [6, 6.07) is 3.91. The molecule has 0 saturated carbocycles. The van der Waals surface area contributed by atoms with Crippen LogP contribution in [-0.4, -0.2) is 23.0 Å². The molecule has 0 aromatic carbocycles. The van der Waals surface area contributed by atoms with E-state index < -0.39 is 23.3 Å². The van der Waals surface area contributed by atoms with E-state index in [1.165, 1.54) is 7.11 Å². The van der Waals surface area contributed by atoms with Crippen LogP contribution in [0.2, 0.25) is 0 Å². The van der Waals surface area contributed by atoms with Gasteiger partial charge >= 0.3 is 0 Å². The number of carbonyl (C=O) groups is 1. The van der Waals surface area contributed by atoms with Crippen molar-refractivity contribution in [1.82, 2.24) is 15.3 Å². The Bertz CT molecular complexity index is 697. The SMILES string of the molecule is COc1ccc(C(C)NC(=O)c2cc(F)c[nH]c2=O)cn1. The fraction of sp³-hybridized carbons (Fsp3) is 0.214. The molecular formula is C14H14FN3O3. The number of nitrogens with one attached hydrogen (secondary N) is 2. The Morgan fingerprint density at radius 1 is 1.48 bits per heavy atom. The highest BCUT2D eigenvalue weighted by atomic mass is 19.1. The summed E-state index contributed by atoms with van der Waals surface area (Å²) in [7, 11) is 1.50. The number of rotatable bonds is 4. The van der Waals surface area contributed by atoms with Crippen molar-refractivity contribution in [3.05, 3.63) is 57.9 Å². The molecular weight excluding hydrogens is 277 g/mol. The van der Waals surface area contributed by atoms with Gasteiger partial charge in [0.1, 0.15) is 11.4 Å². The van der Waals surface area contributed by atoms with E-state index in [0.29, 0.717) is 5.88 Å². The van der Waals surface area contributed by atoms with Crippen molar-refractivity contribution in [3.8, 4) is 5.88 Å². The summed E-state index contributed by atoms with van der Waals surface area (Å²) in [5, 5.41) is 2.61. The number of halogens is 1. The standard InChI is InChI=1S/C14H14FN3O3/c1-8(9-3-4-12(21-2)16-6-9)18-14(20)11-5-10(15)7-17-13(11)19/h3-8H,1-2H3,(H,17,19)(H,18,20). The molecule has 0 saturated heterocycles. The zero-order valence-corrected chi connectivity index (χ0v) is 11.5. The van der Waals surface area contributed by atoms with Crippen LogP contribution >= 0.6 is 0 Å². The minimum absolute atomic E-state index is 0.275. The van der Waals surface area contributed by atoms with Gasteiger partial charge in [-0.3, -0.25) is 9.59 Å². The summed E-state index contributed by atoms with van der Waals surface area (Å²) in [6.07, 6.45) is 2.45. The van der Waals surface area contributed by atoms with Gasteiger partial charge in [0, 0.05) is 18.5 Å². The van der Waals surface area contributed by atoms with Gasteiger partial charge in [-0.15, -0.1) is 0 Å². The predicted molar refractivity (Wildman–Crippen MR) is 73.7 cm³/mol. The molecule has 0 aliphatic carbocycles. The molecule has 2 aromatic heterocycles. The summed E-state index contributed by atoms with van der Waals surface area (Å²) < 4.78 is 18.0. The third-order valence-electron chi connectivity index (χ3n) is 2.93. The number of aromatic nitrogens is 2. The summed E-state index contributed by atoms with van der Waals surface area (Å²) in [4.78, 5) is 29.7. The van der Waals surface area contributed by atoms with Crippen LogP contribution in [0, 0.1) is 5.82 Å². The predicted octanol–water partition coefficient (Wildman–Crippen LogP) is 1.41. The average molecular weight is 291 g/mol. The Kier molecular flexibility index (Phi) is 4.32. The van der Waals surface area contributed by atoms with Gasteiger partial charge in [-0.25, -0.2) is 9.37 Å². The van der Waals surface area contributed by atoms with Gasteiger partial charge in [-0.1, -0.05) is 6.07 Å². The number of H-pyrrole nitrogens is 1. The quantitative estimate of drug-likeness (QED) is 0.892. The molecule has 2 N–H and O–H groups in total. The molecule has 110 valence electrons. The first-order chi connectivity index (χ1) is 10.0. The molecule has 2 aromatic rings. The molecule has 21 heavy (non-hydrogen) atoms. The smallest absolute Gasteiger partial charge is 0.260 e. The van der Waals surface area contributed by atoms with E-state index in [4.69, 9.17) is 4.74 Å². The molecule has 1 atom stereocenters. The monoisotopic (exact) mass is 291 g/mol. The van der Waals surface area contributed by atoms with Crippen molar-refractivity contribution in [1.29, 1.82) is 0 Å². The van der Waals surface area contributed by atoms with Crippen molar-refractivity contribution < 1.29 is 13.9 Å². The molecule has 2 rings (SSSR count). The van der Waals surface area contributed by atoms with Crippen molar-refractivity contribution in [2.75, 3.05) is 7.11 Å². The second-order valence-electron chi connectivity index (χ2n) is 4.39. The lowest BCUT2D eigenvalue weighted by atomic mass is 10.1. The van der Waals surface area contributed by atoms with Crippen molar-refractivity contribution in [2.45, 2.75) is 13.0 Å². The van der Waals surface area contributed by atoms with Crippen molar-refractivity contribution in [2.24, 2.45) is 0 Å². The highest BCUT2D eigenvalue weighted by molar-refractivity contribution is 5.94. The van der Waals surface area contributed by atoms with Gasteiger partial charge in [-0.05, 0) is 18.6 Å². The molecule has 0 aliphatic heterocycles. The lowest BCUT2D eigenvalue weighted by Gasteiger charge is -2.14. The zero-order valence-electron chi connectivity index (χ0n) is 11.5. The Morgan fingerprint density at radius 3 is 2.86 bits per heavy atom. The van der Waals surface area contributed by atoms with Crippen LogP contribution in [-0.2, 0) is 0 Å². The van der Waals surface area contributed by atoms with Crippen LogP contribution in [0.25, 0.3) is 0 Å². The van der Waals surface area contributed by atoms with Gasteiger partial charge in [0.05, 0.1) is 13.2 Å². The largest absolute Gasteiger partial charge is 0.481 e. The van der Waals surface area contributed by atoms with Crippen LogP contribution in [0.3, 0.4) is 0 Å². The van der Waals surface area contributed by atoms with E-state index in [0.717, 1.165) is 17.8 Å². The number of carbonyl (C=O) groups excluding carboxylic acids is 1. The van der Waals surface area contributed by atoms with E-state index in [9.17, 15) is 14.0 Å². The third-order valence-corrected chi connectivity index (χ3v) is 2.93. The van der Waals surface area contributed by atoms with E-state index in [2.05, 4.69) is 15.3 Å². The fourth-order valence-corrected chi connectivity index (χ4v) is 1.75. The number of hydrogen-bond donors (Lipinski definition) is 2. The average Bonchev–Trinajstić information content (AvgIpc) is 2.49. The maximum Gasteiger partial charge on any atom is 0.260 e. The Balaban J connectivity index is 2.14. The first-order valence-electron chi connectivity index (χ1n) is 6.20. The molecule has 1 amide bonds. The topological polar surface area (TPSA) is 84.1 Å². The van der Waals surface area contributed by atoms with Gasteiger partial charge < -0.3 is 15.0 Å². The summed E-state index contributed by atoms with van der Waals surface area (Å²) in [6.45, 7) is 1.73. The summed E-state index contributed by atoms with van der Waals surface area (Å²) in [5.74, 6) is -0.878. The Labute approximate surface area is 120 Å². The summed E-state index contributed by atoms with van der Waals surface area (Å²) in [5.41, 5.74) is -0.186. The molecule has 2 heterocycles. The Morgan fingerprint density at radius 2 is 2.24 bits per heavy atom. The molecule has 0 radical (unpaired) electrons. The van der Waals surface area contributed by atoms with Gasteiger partial charge in [-0.2, -0.15) is 0 Å². The number of methoxy groups -OCH3 is 1. The van der Waals surface area contributed by atoms with Gasteiger partial charge in [0.25, 0.3) is 11.5 Å². The van der Waals surface area contributed by atoms with Crippen LogP contribution < -0.4 is 15.6 Å². The second kappa shape index (κ2) is 6.17. The highest BCUT2D eigenvalue weighted by Gasteiger charge is 2.15. The molecule has 6 nitrogen and oxygen atoms in total. The van der Waals surface area contributed by atoms with Crippen molar-refractivity contribution in [3.63, 3.8) is 0 Å². The van der Waals surface area contributed by atoms with Crippen LogP contribution in [0.5, 0.6) is 5.88 Å². The molecule has 1 unspecified atom stereocenters. The van der Waals surface area contributed by atoms with Crippen LogP contribution in [0.4, 0.5) is 4.39 Å². The minimum atomic E-state index is -0.682. The number of hydrogen-bond acceptors (Lipinski definition) is 4.